The van der Waals surface area contributed by atoms with Crippen molar-refractivity contribution in [3.05, 3.63) is 53.1 Å². The van der Waals surface area contributed by atoms with Gasteiger partial charge in [0.2, 0.25) is 0 Å². The molecule has 6 heteroatoms. The lowest BCUT2D eigenvalue weighted by molar-refractivity contribution is 0.0694. The number of hydrogen-bond donors (Lipinski definition) is 2. The zero-order valence-corrected chi connectivity index (χ0v) is 10.6. The second-order valence-electron chi connectivity index (χ2n) is 4.46. The number of furan rings is 1. The van der Waals surface area contributed by atoms with Gasteiger partial charge < -0.3 is 14.6 Å². The molecule has 2 N–H and O–H groups in total. The van der Waals surface area contributed by atoms with Crippen LogP contribution in [0.2, 0.25) is 0 Å². The van der Waals surface area contributed by atoms with E-state index in [-0.39, 0.29) is 17.0 Å². The zero-order chi connectivity index (χ0) is 15.0. The average molecular weight is 283 g/mol. The fraction of sp³-hybridized carbons (Fsp3) is 0. The van der Waals surface area contributed by atoms with Crippen molar-refractivity contribution < 1.29 is 19.4 Å². The standard InChI is InChI=1S/C15H9NO5/c17-13-6-8(1-2-11(13)15(18)19)12-7-10(16-20)5-9-3-4-21-14(9)12/h1-7,17H,(H,18,19). The van der Waals surface area contributed by atoms with E-state index in [2.05, 4.69) is 5.18 Å². The summed E-state index contributed by atoms with van der Waals surface area (Å²) < 4.78 is 5.38. The molecule has 0 atom stereocenters. The van der Waals surface area contributed by atoms with Crippen molar-refractivity contribution in [2.24, 2.45) is 5.18 Å². The first-order valence-corrected chi connectivity index (χ1v) is 6.01. The van der Waals surface area contributed by atoms with Crippen LogP contribution in [0.5, 0.6) is 5.75 Å². The number of rotatable bonds is 3. The fourth-order valence-corrected chi connectivity index (χ4v) is 2.21. The Morgan fingerprint density at radius 2 is 1.95 bits per heavy atom. The number of phenols is 1. The molecular formula is C15H9NO5. The van der Waals surface area contributed by atoms with Crippen molar-refractivity contribution in [1.29, 1.82) is 0 Å². The lowest BCUT2D eigenvalue weighted by Gasteiger charge is -2.06. The Morgan fingerprint density at radius 1 is 1.14 bits per heavy atom. The maximum absolute atomic E-state index is 10.9. The number of aromatic hydroxyl groups is 1. The van der Waals surface area contributed by atoms with Crippen LogP contribution in [0, 0.1) is 4.91 Å². The van der Waals surface area contributed by atoms with E-state index in [1.54, 1.807) is 12.1 Å². The number of carbonyl (C=O) groups is 1. The van der Waals surface area contributed by atoms with Gasteiger partial charge in [-0.05, 0) is 41.1 Å². The summed E-state index contributed by atoms with van der Waals surface area (Å²) in [6, 6.07) is 8.95. The van der Waals surface area contributed by atoms with Crippen molar-refractivity contribution in [2.75, 3.05) is 0 Å². The van der Waals surface area contributed by atoms with Gasteiger partial charge in [-0.1, -0.05) is 6.07 Å². The number of hydrogen-bond acceptors (Lipinski definition) is 5. The molecular weight excluding hydrogens is 274 g/mol. The molecule has 21 heavy (non-hydrogen) atoms. The predicted octanol–water partition coefficient (Wildman–Crippen LogP) is 3.90. The van der Waals surface area contributed by atoms with E-state index in [0.29, 0.717) is 22.1 Å². The molecule has 0 unspecified atom stereocenters. The third kappa shape index (κ3) is 2.12. The van der Waals surface area contributed by atoms with E-state index in [0.717, 1.165) is 0 Å². The van der Waals surface area contributed by atoms with Crippen molar-refractivity contribution in [2.45, 2.75) is 0 Å². The van der Waals surface area contributed by atoms with Gasteiger partial charge in [0.15, 0.2) is 0 Å². The molecule has 2 aromatic carbocycles. The quantitative estimate of drug-likeness (QED) is 0.710. The van der Waals surface area contributed by atoms with Crippen LogP contribution in [0.1, 0.15) is 10.4 Å². The molecule has 0 saturated heterocycles. The summed E-state index contributed by atoms with van der Waals surface area (Å²) >= 11 is 0. The molecule has 0 aliphatic heterocycles. The van der Waals surface area contributed by atoms with Gasteiger partial charge in [-0.3, -0.25) is 0 Å². The minimum Gasteiger partial charge on any atom is -0.507 e. The molecule has 6 nitrogen and oxygen atoms in total. The van der Waals surface area contributed by atoms with E-state index in [4.69, 9.17) is 9.52 Å². The van der Waals surface area contributed by atoms with Crippen molar-refractivity contribution in [3.8, 4) is 16.9 Å². The van der Waals surface area contributed by atoms with Crippen LogP contribution in [0.3, 0.4) is 0 Å². The van der Waals surface area contributed by atoms with Crippen LogP contribution in [-0.4, -0.2) is 16.2 Å². The van der Waals surface area contributed by atoms with E-state index in [1.165, 1.54) is 30.5 Å². The van der Waals surface area contributed by atoms with Gasteiger partial charge in [0, 0.05) is 10.9 Å². The Bertz CT molecular complexity index is 866. The Hall–Kier alpha value is -3.15. The number of nitrogens with zero attached hydrogens (tertiary/aromatic N) is 1. The Morgan fingerprint density at radius 3 is 2.62 bits per heavy atom. The second kappa shape index (κ2) is 4.75. The normalized spacial score (nSPS) is 10.7. The summed E-state index contributed by atoms with van der Waals surface area (Å²) in [5.74, 6) is -1.57. The van der Waals surface area contributed by atoms with Crippen LogP contribution in [0.15, 0.2) is 52.3 Å². The Balaban J connectivity index is 2.24. The van der Waals surface area contributed by atoms with Gasteiger partial charge in [0.25, 0.3) is 0 Å². The topological polar surface area (TPSA) is 100 Å². The van der Waals surface area contributed by atoms with E-state index in [9.17, 15) is 14.8 Å². The monoisotopic (exact) mass is 283 g/mol. The molecule has 0 saturated carbocycles. The van der Waals surface area contributed by atoms with Gasteiger partial charge in [-0.25, -0.2) is 4.79 Å². The molecule has 0 amide bonds. The highest BCUT2D eigenvalue weighted by molar-refractivity contribution is 5.97. The van der Waals surface area contributed by atoms with Crippen molar-refractivity contribution >= 4 is 22.6 Å². The van der Waals surface area contributed by atoms with Crippen molar-refractivity contribution in [1.82, 2.24) is 0 Å². The molecule has 1 heterocycles. The van der Waals surface area contributed by atoms with Gasteiger partial charge in [-0.2, -0.15) is 0 Å². The molecule has 0 bridgehead atoms. The summed E-state index contributed by atoms with van der Waals surface area (Å²) in [5, 5.41) is 22.3. The van der Waals surface area contributed by atoms with Crippen LogP contribution in [0.4, 0.5) is 5.69 Å². The highest BCUT2D eigenvalue weighted by atomic mass is 16.4. The summed E-state index contributed by atoms with van der Waals surface area (Å²) in [6.45, 7) is 0. The maximum atomic E-state index is 10.9. The van der Waals surface area contributed by atoms with Crippen LogP contribution in [-0.2, 0) is 0 Å². The number of carboxylic acids is 1. The predicted molar refractivity (Wildman–Crippen MR) is 75.7 cm³/mol. The summed E-state index contributed by atoms with van der Waals surface area (Å²) in [7, 11) is 0. The maximum Gasteiger partial charge on any atom is 0.339 e. The molecule has 3 aromatic rings. The summed E-state index contributed by atoms with van der Waals surface area (Å²) in [4.78, 5) is 21.7. The van der Waals surface area contributed by atoms with Gasteiger partial charge >= 0.3 is 5.97 Å². The summed E-state index contributed by atoms with van der Waals surface area (Å²) in [5.41, 5.74) is 1.65. The smallest absolute Gasteiger partial charge is 0.339 e. The molecule has 0 fully saturated rings. The summed E-state index contributed by atoms with van der Waals surface area (Å²) in [6.07, 6.45) is 1.48. The fourth-order valence-electron chi connectivity index (χ4n) is 2.21. The van der Waals surface area contributed by atoms with E-state index < -0.39 is 5.97 Å². The largest absolute Gasteiger partial charge is 0.507 e. The molecule has 0 aliphatic rings. The minimum absolute atomic E-state index is 0.195. The van der Waals surface area contributed by atoms with Crippen LogP contribution >= 0.6 is 0 Å². The van der Waals surface area contributed by atoms with Gasteiger partial charge in [0.05, 0.1) is 6.26 Å². The molecule has 104 valence electrons. The van der Waals surface area contributed by atoms with Crippen molar-refractivity contribution in [3.63, 3.8) is 0 Å². The highest BCUT2D eigenvalue weighted by Gasteiger charge is 2.14. The lowest BCUT2D eigenvalue weighted by Crippen LogP contribution is -1.96. The zero-order valence-electron chi connectivity index (χ0n) is 10.6. The van der Waals surface area contributed by atoms with Crippen LogP contribution < -0.4 is 0 Å². The third-order valence-corrected chi connectivity index (χ3v) is 3.18. The number of aromatic carboxylic acids is 1. The molecule has 0 aliphatic carbocycles. The SMILES string of the molecule is O=Nc1cc(-c2ccc(C(=O)O)c(O)c2)c2occc2c1. The second-order valence-corrected chi connectivity index (χ2v) is 4.46. The number of benzene rings is 2. The first-order chi connectivity index (χ1) is 10.1. The first-order valence-electron chi connectivity index (χ1n) is 6.01. The average Bonchev–Trinajstić information content (AvgIpc) is 2.93. The van der Waals surface area contributed by atoms with E-state index >= 15 is 0 Å². The number of carboxylic acid groups (broad SMARTS) is 1. The van der Waals surface area contributed by atoms with Crippen LogP contribution in [0.25, 0.3) is 22.1 Å². The molecule has 0 radical (unpaired) electrons. The lowest BCUT2D eigenvalue weighted by atomic mass is 10.0. The first kappa shape index (κ1) is 12.9. The van der Waals surface area contributed by atoms with E-state index in [1.807, 2.05) is 0 Å². The third-order valence-electron chi connectivity index (χ3n) is 3.18. The molecule has 0 spiro atoms. The van der Waals surface area contributed by atoms with Gasteiger partial charge in [0.1, 0.15) is 22.6 Å². The number of fused-ring (bicyclic) bond motifs is 1. The molecule has 3 rings (SSSR count). The molecule has 1 aromatic heterocycles. The Kier molecular flexibility index (Phi) is 2.91. The Labute approximate surface area is 118 Å². The van der Waals surface area contributed by atoms with Gasteiger partial charge in [-0.15, -0.1) is 4.91 Å². The highest BCUT2D eigenvalue weighted by Crippen LogP contribution is 2.35. The minimum atomic E-state index is -1.22. The number of nitroso groups, excluding NO2 is 1.